The van der Waals surface area contributed by atoms with Gasteiger partial charge in [-0.3, -0.25) is 0 Å². The summed E-state index contributed by atoms with van der Waals surface area (Å²) in [5.41, 5.74) is 1.80. The maximum atomic E-state index is 13.0. The normalized spacial score (nSPS) is 13.7. The molecule has 2 rings (SSSR count). The fourth-order valence-corrected chi connectivity index (χ4v) is 3.31. The van der Waals surface area contributed by atoms with Gasteiger partial charge in [-0.15, -0.1) is 0 Å². The zero-order chi connectivity index (χ0) is 15.6. The second-order valence-electron chi connectivity index (χ2n) is 6.61. The van der Waals surface area contributed by atoms with Crippen LogP contribution in [0.3, 0.4) is 0 Å². The summed E-state index contributed by atoms with van der Waals surface area (Å²) in [6.07, 6.45) is 3.71. The van der Waals surface area contributed by atoms with E-state index < -0.39 is 9.04 Å². The molecule has 0 saturated heterocycles. The molecule has 0 aliphatic carbocycles. The Kier molecular flexibility index (Phi) is 4.63. The van der Waals surface area contributed by atoms with Gasteiger partial charge in [0.05, 0.1) is 18.1 Å². The number of nitrogens with zero attached hydrogens (tertiary/aromatic N) is 2. The van der Waals surface area contributed by atoms with Crippen molar-refractivity contribution >= 4 is 9.04 Å². The molecule has 0 fully saturated rings. The molecular formula is C16H23FN2OSi. The lowest BCUT2D eigenvalue weighted by molar-refractivity contribution is 0.0830. The quantitative estimate of drug-likeness (QED) is 0.795. The van der Waals surface area contributed by atoms with Gasteiger partial charge >= 0.3 is 0 Å². The Bertz CT molecular complexity index is 587. The number of rotatable bonds is 4. The fraction of sp³-hybridized carbons (Fsp3) is 0.438. The summed E-state index contributed by atoms with van der Waals surface area (Å²) in [5, 5.41) is 0. The summed E-state index contributed by atoms with van der Waals surface area (Å²) >= 11 is 0. The summed E-state index contributed by atoms with van der Waals surface area (Å²) in [6.45, 7) is 10.8. The molecule has 0 spiro atoms. The predicted molar refractivity (Wildman–Crippen MR) is 85.7 cm³/mol. The van der Waals surface area contributed by atoms with Crippen LogP contribution in [-0.2, 0) is 4.43 Å². The van der Waals surface area contributed by atoms with Gasteiger partial charge in [-0.05, 0) is 42.8 Å². The van der Waals surface area contributed by atoms with E-state index in [1.807, 2.05) is 10.8 Å². The van der Waals surface area contributed by atoms with Crippen LogP contribution in [0.5, 0.6) is 0 Å². The Morgan fingerprint density at radius 2 is 1.81 bits per heavy atom. The Labute approximate surface area is 127 Å². The van der Waals surface area contributed by atoms with Crippen molar-refractivity contribution in [3.05, 3.63) is 48.3 Å². The van der Waals surface area contributed by atoms with Crippen molar-refractivity contribution in [1.29, 1.82) is 0 Å². The van der Waals surface area contributed by atoms with Gasteiger partial charge in [0.2, 0.25) is 0 Å². The third kappa shape index (κ3) is 4.01. The van der Waals surface area contributed by atoms with Crippen LogP contribution < -0.4 is 0 Å². The van der Waals surface area contributed by atoms with Crippen LogP contribution in [0.2, 0.25) is 13.1 Å². The molecule has 1 unspecified atom stereocenters. The topological polar surface area (TPSA) is 27.1 Å². The first-order valence-corrected chi connectivity index (χ1v) is 10.0. The Morgan fingerprint density at radius 1 is 1.19 bits per heavy atom. The highest BCUT2D eigenvalue weighted by Gasteiger charge is 2.29. The molecule has 0 radical (unpaired) electrons. The van der Waals surface area contributed by atoms with E-state index in [2.05, 4.69) is 38.8 Å². The molecule has 1 aromatic heterocycles. The number of hydrogen-bond donors (Lipinski definition) is 0. The van der Waals surface area contributed by atoms with Crippen LogP contribution in [0.4, 0.5) is 4.39 Å². The maximum Gasteiger partial charge on any atom is 0.171 e. The molecule has 2 aromatic rings. The summed E-state index contributed by atoms with van der Waals surface area (Å²) in [4.78, 5) is 4.50. The third-order valence-electron chi connectivity index (χ3n) is 3.19. The van der Waals surface area contributed by atoms with Crippen molar-refractivity contribution in [3.8, 4) is 5.69 Å². The number of halogens is 1. The zero-order valence-corrected chi connectivity index (χ0v) is 14.5. The van der Waals surface area contributed by atoms with Gasteiger partial charge in [0.15, 0.2) is 9.04 Å². The predicted octanol–water partition coefficient (Wildman–Crippen LogP) is 4.10. The van der Waals surface area contributed by atoms with E-state index in [4.69, 9.17) is 4.43 Å². The lowest BCUT2D eigenvalue weighted by atomic mass is 9.87. The molecule has 0 aliphatic heterocycles. The van der Waals surface area contributed by atoms with E-state index in [1.165, 1.54) is 12.1 Å². The maximum absolute atomic E-state index is 13.0. The number of aromatic nitrogens is 2. The average Bonchev–Trinajstić information content (AvgIpc) is 2.84. The van der Waals surface area contributed by atoms with Crippen LogP contribution in [0.15, 0.2) is 36.8 Å². The lowest BCUT2D eigenvalue weighted by Gasteiger charge is -2.31. The Morgan fingerprint density at radius 3 is 2.33 bits per heavy atom. The second kappa shape index (κ2) is 6.11. The van der Waals surface area contributed by atoms with Gasteiger partial charge in [0, 0.05) is 11.9 Å². The summed E-state index contributed by atoms with van der Waals surface area (Å²) in [6, 6.07) is 6.39. The molecule has 1 atom stereocenters. The highest BCUT2D eigenvalue weighted by molar-refractivity contribution is 6.48. The van der Waals surface area contributed by atoms with Crippen molar-refractivity contribution in [2.24, 2.45) is 5.41 Å². The van der Waals surface area contributed by atoms with Crippen LogP contribution in [0.1, 0.15) is 32.6 Å². The number of benzene rings is 1. The summed E-state index contributed by atoms with van der Waals surface area (Å²) in [7, 11) is -1.17. The molecule has 0 aliphatic rings. The molecule has 1 aromatic carbocycles. The van der Waals surface area contributed by atoms with E-state index in [9.17, 15) is 4.39 Å². The Balaban J connectivity index is 2.30. The highest BCUT2D eigenvalue weighted by atomic mass is 28.3. The van der Waals surface area contributed by atoms with E-state index in [0.717, 1.165) is 11.4 Å². The summed E-state index contributed by atoms with van der Waals surface area (Å²) < 4.78 is 21.1. The third-order valence-corrected chi connectivity index (χ3v) is 4.01. The van der Waals surface area contributed by atoms with Gasteiger partial charge in [-0.25, -0.2) is 9.37 Å². The minimum atomic E-state index is -1.17. The first kappa shape index (κ1) is 15.9. The minimum Gasteiger partial charge on any atom is -0.412 e. The smallest absolute Gasteiger partial charge is 0.171 e. The van der Waals surface area contributed by atoms with Crippen molar-refractivity contribution in [2.45, 2.75) is 40.0 Å². The van der Waals surface area contributed by atoms with E-state index in [0.29, 0.717) is 0 Å². The molecule has 0 N–H and O–H groups in total. The van der Waals surface area contributed by atoms with Gasteiger partial charge in [-0.1, -0.05) is 20.8 Å². The van der Waals surface area contributed by atoms with Gasteiger partial charge < -0.3 is 8.99 Å². The Hall–Kier alpha value is -1.46. The SMILES string of the molecule is C[SiH](C)OC(c1cn(-c2ccc(F)cc2)cn1)C(C)(C)C. The van der Waals surface area contributed by atoms with Crippen molar-refractivity contribution < 1.29 is 8.82 Å². The molecule has 0 saturated carbocycles. The first-order chi connectivity index (χ1) is 9.77. The van der Waals surface area contributed by atoms with Gasteiger partial charge in [-0.2, -0.15) is 0 Å². The molecule has 0 amide bonds. The summed E-state index contributed by atoms with van der Waals surface area (Å²) in [5.74, 6) is -0.235. The molecule has 1 heterocycles. The van der Waals surface area contributed by atoms with Crippen LogP contribution in [0, 0.1) is 11.2 Å². The number of hydrogen-bond acceptors (Lipinski definition) is 2. The molecule has 114 valence electrons. The molecule has 3 nitrogen and oxygen atoms in total. The van der Waals surface area contributed by atoms with Gasteiger partial charge in [0.1, 0.15) is 5.82 Å². The zero-order valence-electron chi connectivity index (χ0n) is 13.3. The molecule has 5 heteroatoms. The molecule has 21 heavy (non-hydrogen) atoms. The van der Waals surface area contributed by atoms with E-state index in [1.54, 1.807) is 18.5 Å². The standard InChI is InChI=1S/C16H23FN2OSi/c1-16(2,3)15(20-21(4)5)14-10-19(11-18-14)13-8-6-12(17)7-9-13/h6-11,15,21H,1-5H3. The largest absolute Gasteiger partial charge is 0.412 e. The number of imidazole rings is 1. The highest BCUT2D eigenvalue weighted by Crippen LogP contribution is 2.35. The molecule has 0 bridgehead atoms. The van der Waals surface area contributed by atoms with E-state index >= 15 is 0 Å². The van der Waals surface area contributed by atoms with Gasteiger partial charge in [0.25, 0.3) is 0 Å². The fourth-order valence-electron chi connectivity index (χ4n) is 2.22. The first-order valence-electron chi connectivity index (χ1n) is 7.22. The second-order valence-corrected chi connectivity index (χ2v) is 8.98. The van der Waals surface area contributed by atoms with Crippen molar-refractivity contribution in [1.82, 2.24) is 9.55 Å². The average molecular weight is 306 g/mol. The van der Waals surface area contributed by atoms with Crippen molar-refractivity contribution in [3.63, 3.8) is 0 Å². The monoisotopic (exact) mass is 306 g/mol. The lowest BCUT2D eigenvalue weighted by Crippen LogP contribution is -2.26. The minimum absolute atomic E-state index is 0.0146. The van der Waals surface area contributed by atoms with Crippen LogP contribution >= 0.6 is 0 Å². The van der Waals surface area contributed by atoms with Crippen LogP contribution in [-0.4, -0.2) is 18.6 Å². The van der Waals surface area contributed by atoms with Crippen LogP contribution in [0.25, 0.3) is 5.69 Å². The van der Waals surface area contributed by atoms with Crippen molar-refractivity contribution in [2.75, 3.05) is 0 Å². The van der Waals surface area contributed by atoms with E-state index in [-0.39, 0.29) is 17.3 Å². The molecular weight excluding hydrogens is 283 g/mol.